The standard InChI is InChI=1S/C36H26O2/c37-35-21-19-31(23-33(35)29-7-3-1-4-8-29)27-15-11-25(12-16-27)26-13-17-28(18-14-26)32-20-22-36(38)34(24-32)30-9-5-2-6-10-30/h1-24,37-38H. The van der Waals surface area contributed by atoms with Crippen LogP contribution < -0.4 is 0 Å². The number of rotatable bonds is 5. The van der Waals surface area contributed by atoms with Gasteiger partial charge in [0, 0.05) is 11.1 Å². The summed E-state index contributed by atoms with van der Waals surface area (Å²) in [5, 5.41) is 20.8. The molecule has 2 N–H and O–H groups in total. The van der Waals surface area contributed by atoms with Crippen molar-refractivity contribution in [2.24, 2.45) is 0 Å². The van der Waals surface area contributed by atoms with Gasteiger partial charge in [0.05, 0.1) is 0 Å². The first-order chi connectivity index (χ1) is 18.7. The van der Waals surface area contributed by atoms with E-state index in [1.807, 2.05) is 84.9 Å². The van der Waals surface area contributed by atoms with Gasteiger partial charge in [-0.2, -0.15) is 0 Å². The van der Waals surface area contributed by atoms with E-state index in [4.69, 9.17) is 0 Å². The van der Waals surface area contributed by atoms with Gasteiger partial charge in [-0.15, -0.1) is 0 Å². The molecular formula is C36H26O2. The molecule has 0 spiro atoms. The lowest BCUT2D eigenvalue weighted by molar-refractivity contribution is 0.477. The highest BCUT2D eigenvalue weighted by molar-refractivity contribution is 5.80. The molecule has 0 saturated heterocycles. The molecule has 6 aromatic rings. The van der Waals surface area contributed by atoms with Gasteiger partial charge in [0.15, 0.2) is 0 Å². The second-order valence-corrected chi connectivity index (χ2v) is 9.35. The van der Waals surface area contributed by atoms with Crippen LogP contribution in [0.2, 0.25) is 0 Å². The van der Waals surface area contributed by atoms with Gasteiger partial charge in [0.1, 0.15) is 11.5 Å². The molecule has 0 heterocycles. The van der Waals surface area contributed by atoms with Crippen LogP contribution in [0.5, 0.6) is 11.5 Å². The number of aromatic hydroxyl groups is 2. The van der Waals surface area contributed by atoms with Gasteiger partial charge < -0.3 is 10.2 Å². The second kappa shape index (κ2) is 10.1. The molecule has 0 aliphatic carbocycles. The third-order valence-corrected chi connectivity index (χ3v) is 6.93. The monoisotopic (exact) mass is 490 g/mol. The van der Waals surface area contributed by atoms with Gasteiger partial charge >= 0.3 is 0 Å². The van der Waals surface area contributed by atoms with Crippen LogP contribution in [-0.2, 0) is 0 Å². The molecule has 182 valence electrons. The van der Waals surface area contributed by atoms with E-state index in [2.05, 4.69) is 48.5 Å². The van der Waals surface area contributed by atoms with Gasteiger partial charge in [0.2, 0.25) is 0 Å². The van der Waals surface area contributed by atoms with Crippen molar-refractivity contribution in [2.75, 3.05) is 0 Å². The Morgan fingerprint density at radius 2 is 0.553 bits per heavy atom. The van der Waals surface area contributed by atoms with Gasteiger partial charge in [-0.3, -0.25) is 0 Å². The predicted octanol–water partition coefficient (Wildman–Crippen LogP) is 9.43. The fourth-order valence-corrected chi connectivity index (χ4v) is 4.84. The minimum Gasteiger partial charge on any atom is -0.507 e. The first-order valence-corrected chi connectivity index (χ1v) is 12.6. The van der Waals surface area contributed by atoms with Gasteiger partial charge in [-0.1, -0.05) is 121 Å². The van der Waals surface area contributed by atoms with E-state index in [0.29, 0.717) is 0 Å². The van der Waals surface area contributed by atoms with Crippen LogP contribution in [0.15, 0.2) is 146 Å². The SMILES string of the molecule is Oc1ccc(-c2ccc(-c3ccc(-c4ccc(O)c(-c5ccccc5)c4)cc3)cc2)cc1-c1ccccc1. The fourth-order valence-electron chi connectivity index (χ4n) is 4.84. The van der Waals surface area contributed by atoms with Crippen LogP contribution in [0, 0.1) is 0 Å². The molecule has 0 bridgehead atoms. The molecule has 6 rings (SSSR count). The molecule has 38 heavy (non-hydrogen) atoms. The zero-order valence-corrected chi connectivity index (χ0v) is 20.8. The summed E-state index contributed by atoms with van der Waals surface area (Å²) in [5.41, 5.74) is 10.2. The summed E-state index contributed by atoms with van der Waals surface area (Å²) in [4.78, 5) is 0. The highest BCUT2D eigenvalue weighted by atomic mass is 16.3. The number of phenolic OH excluding ortho intramolecular Hbond substituents is 2. The molecule has 0 unspecified atom stereocenters. The molecule has 2 nitrogen and oxygen atoms in total. The predicted molar refractivity (Wildman–Crippen MR) is 157 cm³/mol. The smallest absolute Gasteiger partial charge is 0.123 e. The van der Waals surface area contributed by atoms with E-state index in [0.717, 1.165) is 55.6 Å². The lowest BCUT2D eigenvalue weighted by Gasteiger charge is -2.11. The summed E-state index contributed by atoms with van der Waals surface area (Å²) in [6.07, 6.45) is 0. The molecule has 0 aliphatic heterocycles. The maximum atomic E-state index is 10.4. The summed E-state index contributed by atoms with van der Waals surface area (Å²) in [6, 6.07) is 48.4. The Morgan fingerprint density at radius 3 is 0.895 bits per heavy atom. The average molecular weight is 491 g/mol. The van der Waals surface area contributed by atoms with Crippen molar-refractivity contribution in [1.29, 1.82) is 0 Å². The van der Waals surface area contributed by atoms with Crippen LogP contribution in [0.4, 0.5) is 0 Å². The van der Waals surface area contributed by atoms with Gasteiger partial charge in [0.25, 0.3) is 0 Å². The average Bonchev–Trinajstić information content (AvgIpc) is 2.99. The zero-order valence-electron chi connectivity index (χ0n) is 20.8. The van der Waals surface area contributed by atoms with Gasteiger partial charge in [-0.25, -0.2) is 0 Å². The highest BCUT2D eigenvalue weighted by Crippen LogP contribution is 2.36. The quantitative estimate of drug-likeness (QED) is 0.253. The van der Waals surface area contributed by atoms with Crippen LogP contribution in [0.3, 0.4) is 0 Å². The molecule has 6 aromatic carbocycles. The van der Waals surface area contributed by atoms with Crippen molar-refractivity contribution in [1.82, 2.24) is 0 Å². The zero-order chi connectivity index (χ0) is 25.9. The fraction of sp³-hybridized carbons (Fsp3) is 0. The van der Waals surface area contributed by atoms with E-state index in [1.54, 1.807) is 12.1 Å². The topological polar surface area (TPSA) is 40.5 Å². The van der Waals surface area contributed by atoms with Crippen LogP contribution in [0.1, 0.15) is 0 Å². The van der Waals surface area contributed by atoms with Crippen molar-refractivity contribution in [3.8, 4) is 67.1 Å². The molecular weight excluding hydrogens is 464 g/mol. The number of phenols is 2. The Kier molecular flexibility index (Phi) is 6.21. The summed E-state index contributed by atoms with van der Waals surface area (Å²) in [5.74, 6) is 0.558. The number of hydrogen-bond donors (Lipinski definition) is 2. The van der Waals surface area contributed by atoms with E-state index in [-0.39, 0.29) is 11.5 Å². The molecule has 0 radical (unpaired) electrons. The van der Waals surface area contributed by atoms with Crippen molar-refractivity contribution >= 4 is 0 Å². The van der Waals surface area contributed by atoms with Crippen molar-refractivity contribution in [3.05, 3.63) is 146 Å². The summed E-state index contributed by atoms with van der Waals surface area (Å²) in [7, 11) is 0. The molecule has 0 aliphatic rings. The van der Waals surface area contributed by atoms with Crippen LogP contribution in [-0.4, -0.2) is 10.2 Å². The first-order valence-electron chi connectivity index (χ1n) is 12.6. The first kappa shape index (κ1) is 23.3. The molecule has 0 fully saturated rings. The third-order valence-electron chi connectivity index (χ3n) is 6.93. The Morgan fingerprint density at radius 1 is 0.263 bits per heavy atom. The minimum absolute atomic E-state index is 0.279. The molecule has 0 atom stereocenters. The molecule has 0 aromatic heterocycles. The normalized spacial score (nSPS) is 10.8. The summed E-state index contributed by atoms with van der Waals surface area (Å²) < 4.78 is 0. The highest BCUT2D eigenvalue weighted by Gasteiger charge is 2.09. The Hall–Kier alpha value is -5.08. The van der Waals surface area contributed by atoms with Crippen molar-refractivity contribution < 1.29 is 10.2 Å². The van der Waals surface area contributed by atoms with E-state index >= 15 is 0 Å². The molecule has 2 heteroatoms. The lowest BCUT2D eigenvalue weighted by Crippen LogP contribution is -1.85. The Balaban J connectivity index is 1.25. The van der Waals surface area contributed by atoms with Crippen molar-refractivity contribution in [3.63, 3.8) is 0 Å². The largest absolute Gasteiger partial charge is 0.507 e. The summed E-state index contributed by atoms with van der Waals surface area (Å²) >= 11 is 0. The molecule has 0 amide bonds. The van der Waals surface area contributed by atoms with Crippen LogP contribution in [0.25, 0.3) is 55.6 Å². The second-order valence-electron chi connectivity index (χ2n) is 9.35. The van der Waals surface area contributed by atoms with E-state index in [1.165, 1.54) is 0 Å². The maximum absolute atomic E-state index is 10.4. The van der Waals surface area contributed by atoms with E-state index < -0.39 is 0 Å². The number of benzene rings is 6. The maximum Gasteiger partial charge on any atom is 0.123 e. The molecule has 0 saturated carbocycles. The lowest BCUT2D eigenvalue weighted by atomic mass is 9.95. The number of hydrogen-bond acceptors (Lipinski definition) is 2. The third kappa shape index (κ3) is 4.68. The summed E-state index contributed by atoms with van der Waals surface area (Å²) in [6.45, 7) is 0. The Bertz CT molecular complexity index is 1560. The van der Waals surface area contributed by atoms with Crippen molar-refractivity contribution in [2.45, 2.75) is 0 Å². The minimum atomic E-state index is 0.279. The van der Waals surface area contributed by atoms with Crippen LogP contribution >= 0.6 is 0 Å². The van der Waals surface area contributed by atoms with E-state index in [9.17, 15) is 10.2 Å². The van der Waals surface area contributed by atoms with Gasteiger partial charge in [-0.05, 0) is 68.8 Å². The Labute approximate surface area is 222 Å².